The Hall–Kier alpha value is -1.66. The molecule has 0 aliphatic carbocycles. The molecule has 0 saturated carbocycles. The number of rotatable bonds is 5. The van der Waals surface area contributed by atoms with E-state index >= 15 is 0 Å². The SMILES string of the molecule is Cc1nc(-c2ccc(CNC(=O)C(C)CN)o2)cs1. The van der Waals surface area contributed by atoms with E-state index in [0.717, 1.165) is 16.5 Å². The van der Waals surface area contributed by atoms with E-state index in [1.165, 1.54) is 0 Å². The summed E-state index contributed by atoms with van der Waals surface area (Å²) < 4.78 is 5.65. The van der Waals surface area contributed by atoms with Crippen molar-refractivity contribution in [1.82, 2.24) is 10.3 Å². The second-order valence-electron chi connectivity index (χ2n) is 4.37. The fourth-order valence-corrected chi connectivity index (χ4v) is 2.14. The number of aromatic nitrogens is 1. The van der Waals surface area contributed by atoms with E-state index in [-0.39, 0.29) is 11.8 Å². The normalized spacial score (nSPS) is 12.4. The summed E-state index contributed by atoms with van der Waals surface area (Å²) >= 11 is 1.58. The number of nitrogens with one attached hydrogen (secondary N) is 1. The van der Waals surface area contributed by atoms with Crippen LogP contribution in [0.1, 0.15) is 17.7 Å². The van der Waals surface area contributed by atoms with Gasteiger partial charge in [0.05, 0.1) is 11.6 Å². The van der Waals surface area contributed by atoms with Crippen LogP contribution in [0, 0.1) is 12.8 Å². The zero-order valence-corrected chi connectivity index (χ0v) is 11.8. The first kappa shape index (κ1) is 13.8. The van der Waals surface area contributed by atoms with Gasteiger partial charge < -0.3 is 15.5 Å². The zero-order valence-electron chi connectivity index (χ0n) is 11.0. The Morgan fingerprint density at radius 2 is 2.37 bits per heavy atom. The van der Waals surface area contributed by atoms with E-state index in [1.54, 1.807) is 18.3 Å². The molecule has 0 fully saturated rings. The zero-order chi connectivity index (χ0) is 13.8. The molecular formula is C13H17N3O2S. The van der Waals surface area contributed by atoms with Crippen LogP contribution in [-0.2, 0) is 11.3 Å². The number of nitrogens with zero attached hydrogens (tertiary/aromatic N) is 1. The van der Waals surface area contributed by atoms with E-state index in [4.69, 9.17) is 10.2 Å². The first-order chi connectivity index (χ1) is 9.10. The average molecular weight is 279 g/mol. The number of nitrogens with two attached hydrogens (primary N) is 1. The molecule has 2 aromatic heterocycles. The van der Waals surface area contributed by atoms with Gasteiger partial charge in [0.2, 0.25) is 5.91 Å². The van der Waals surface area contributed by atoms with Crippen LogP contribution >= 0.6 is 11.3 Å². The van der Waals surface area contributed by atoms with Gasteiger partial charge >= 0.3 is 0 Å². The molecule has 2 rings (SSSR count). The Kier molecular flexibility index (Phi) is 4.34. The van der Waals surface area contributed by atoms with Gasteiger partial charge in [-0.05, 0) is 19.1 Å². The molecule has 1 atom stereocenters. The lowest BCUT2D eigenvalue weighted by atomic mass is 10.2. The van der Waals surface area contributed by atoms with E-state index in [2.05, 4.69) is 10.3 Å². The fourth-order valence-electron chi connectivity index (χ4n) is 1.54. The highest BCUT2D eigenvalue weighted by molar-refractivity contribution is 7.09. The van der Waals surface area contributed by atoms with Gasteiger partial charge in [-0.2, -0.15) is 0 Å². The third-order valence-corrected chi connectivity index (χ3v) is 3.54. The van der Waals surface area contributed by atoms with Gasteiger partial charge in [0, 0.05) is 17.8 Å². The van der Waals surface area contributed by atoms with Crippen molar-refractivity contribution >= 4 is 17.2 Å². The van der Waals surface area contributed by atoms with Crippen molar-refractivity contribution < 1.29 is 9.21 Å². The minimum atomic E-state index is -0.185. The van der Waals surface area contributed by atoms with Crippen LogP contribution in [-0.4, -0.2) is 17.4 Å². The van der Waals surface area contributed by atoms with Crippen molar-refractivity contribution in [3.63, 3.8) is 0 Å². The monoisotopic (exact) mass is 279 g/mol. The number of carbonyl (C=O) groups excluding carboxylic acids is 1. The quantitative estimate of drug-likeness (QED) is 0.876. The number of aryl methyl sites for hydroxylation is 1. The Morgan fingerprint density at radius 3 is 3.00 bits per heavy atom. The van der Waals surface area contributed by atoms with Crippen LogP contribution in [0.2, 0.25) is 0 Å². The number of amides is 1. The minimum Gasteiger partial charge on any atom is -0.458 e. The average Bonchev–Trinajstić information content (AvgIpc) is 3.03. The lowest BCUT2D eigenvalue weighted by Crippen LogP contribution is -2.32. The van der Waals surface area contributed by atoms with Crippen LogP contribution in [0.4, 0.5) is 0 Å². The first-order valence-electron chi connectivity index (χ1n) is 6.09. The molecular weight excluding hydrogens is 262 g/mol. The Labute approximate surface area is 115 Å². The van der Waals surface area contributed by atoms with Gasteiger partial charge in [0.25, 0.3) is 0 Å². The summed E-state index contributed by atoms with van der Waals surface area (Å²) in [5.41, 5.74) is 6.26. The predicted molar refractivity (Wildman–Crippen MR) is 74.6 cm³/mol. The minimum absolute atomic E-state index is 0.0649. The lowest BCUT2D eigenvalue weighted by Gasteiger charge is -2.08. The maximum absolute atomic E-state index is 11.6. The topological polar surface area (TPSA) is 81.2 Å². The van der Waals surface area contributed by atoms with Gasteiger partial charge in [0.15, 0.2) is 5.76 Å². The maximum Gasteiger partial charge on any atom is 0.224 e. The molecule has 0 aliphatic heterocycles. The van der Waals surface area contributed by atoms with Crippen LogP contribution < -0.4 is 11.1 Å². The van der Waals surface area contributed by atoms with Gasteiger partial charge in [-0.3, -0.25) is 4.79 Å². The summed E-state index contributed by atoms with van der Waals surface area (Å²) in [4.78, 5) is 15.9. The largest absolute Gasteiger partial charge is 0.458 e. The van der Waals surface area contributed by atoms with Crippen LogP contribution in [0.3, 0.4) is 0 Å². The molecule has 3 N–H and O–H groups in total. The molecule has 0 saturated heterocycles. The van der Waals surface area contributed by atoms with Gasteiger partial charge in [-0.15, -0.1) is 11.3 Å². The van der Waals surface area contributed by atoms with Crippen molar-refractivity contribution in [3.8, 4) is 11.5 Å². The van der Waals surface area contributed by atoms with Crippen molar-refractivity contribution in [1.29, 1.82) is 0 Å². The van der Waals surface area contributed by atoms with Gasteiger partial charge in [-0.25, -0.2) is 4.98 Å². The number of carbonyl (C=O) groups is 1. The molecule has 0 aliphatic rings. The van der Waals surface area contributed by atoms with Gasteiger partial charge in [0.1, 0.15) is 11.5 Å². The highest BCUT2D eigenvalue weighted by atomic mass is 32.1. The molecule has 1 amide bonds. The predicted octanol–water partition coefficient (Wildman–Crippen LogP) is 1.92. The summed E-state index contributed by atoms with van der Waals surface area (Å²) in [5.74, 6) is 1.18. The number of hydrogen-bond acceptors (Lipinski definition) is 5. The summed E-state index contributed by atoms with van der Waals surface area (Å²) in [5, 5.41) is 5.74. The van der Waals surface area contributed by atoms with Crippen molar-refractivity contribution in [2.24, 2.45) is 11.7 Å². The van der Waals surface area contributed by atoms with Crippen molar-refractivity contribution in [2.45, 2.75) is 20.4 Å². The molecule has 2 aromatic rings. The lowest BCUT2D eigenvalue weighted by molar-refractivity contribution is -0.124. The molecule has 0 aromatic carbocycles. The number of hydrogen-bond donors (Lipinski definition) is 2. The maximum atomic E-state index is 11.6. The molecule has 6 heteroatoms. The smallest absolute Gasteiger partial charge is 0.224 e. The standard InChI is InChI=1S/C13H17N3O2S/c1-8(5-14)13(17)15-6-10-3-4-12(18-10)11-7-19-9(2)16-11/h3-4,7-8H,5-6,14H2,1-2H3,(H,15,17). The van der Waals surface area contributed by atoms with Crippen LogP contribution in [0.5, 0.6) is 0 Å². The molecule has 0 radical (unpaired) electrons. The molecule has 1 unspecified atom stereocenters. The molecule has 5 nitrogen and oxygen atoms in total. The Balaban J connectivity index is 1.96. The third kappa shape index (κ3) is 3.42. The molecule has 0 spiro atoms. The second kappa shape index (κ2) is 5.99. The Morgan fingerprint density at radius 1 is 1.58 bits per heavy atom. The fraction of sp³-hybridized carbons (Fsp3) is 0.385. The number of furan rings is 1. The summed E-state index contributed by atoms with van der Waals surface area (Å²) in [7, 11) is 0. The molecule has 2 heterocycles. The van der Waals surface area contributed by atoms with Crippen LogP contribution in [0.25, 0.3) is 11.5 Å². The first-order valence-corrected chi connectivity index (χ1v) is 6.97. The van der Waals surface area contributed by atoms with E-state index in [0.29, 0.717) is 18.8 Å². The summed E-state index contributed by atoms with van der Waals surface area (Å²) in [6.45, 7) is 4.45. The molecule has 19 heavy (non-hydrogen) atoms. The van der Waals surface area contributed by atoms with E-state index in [1.807, 2.05) is 24.4 Å². The van der Waals surface area contributed by atoms with Crippen molar-refractivity contribution in [2.75, 3.05) is 6.54 Å². The molecule has 102 valence electrons. The summed E-state index contributed by atoms with van der Waals surface area (Å²) in [6, 6.07) is 3.71. The highest BCUT2D eigenvalue weighted by Crippen LogP contribution is 2.23. The molecule has 0 bridgehead atoms. The van der Waals surface area contributed by atoms with Crippen LogP contribution in [0.15, 0.2) is 21.9 Å². The van der Waals surface area contributed by atoms with E-state index < -0.39 is 0 Å². The Bertz CT molecular complexity index is 562. The second-order valence-corrected chi connectivity index (χ2v) is 5.43. The third-order valence-electron chi connectivity index (χ3n) is 2.77. The van der Waals surface area contributed by atoms with Gasteiger partial charge in [-0.1, -0.05) is 6.92 Å². The number of thiazole rings is 1. The van der Waals surface area contributed by atoms with E-state index in [9.17, 15) is 4.79 Å². The highest BCUT2D eigenvalue weighted by Gasteiger charge is 2.12. The van der Waals surface area contributed by atoms with Crippen molar-refractivity contribution in [3.05, 3.63) is 28.3 Å². The summed E-state index contributed by atoms with van der Waals surface area (Å²) in [6.07, 6.45) is 0.